The third-order valence-electron chi connectivity index (χ3n) is 14.1. The van der Waals surface area contributed by atoms with Crippen LogP contribution in [0.1, 0.15) is 63.4 Å². The summed E-state index contributed by atoms with van der Waals surface area (Å²) in [7, 11) is 0. The van der Waals surface area contributed by atoms with Gasteiger partial charge in [0.1, 0.15) is 6.54 Å². The molecule has 9 aromatic rings. The minimum atomic E-state index is -1.59. The van der Waals surface area contributed by atoms with E-state index in [0.717, 1.165) is 52.3 Å². The molecular weight excluding hydrogens is 886 g/mol. The predicted molar refractivity (Wildman–Crippen MR) is 306 cm³/mol. The Hall–Kier alpha value is -8.09. The number of benzene rings is 7. The molecule has 0 saturated heterocycles. The van der Waals surface area contributed by atoms with E-state index < -0.39 is 12.3 Å². The minimum absolute atomic E-state index is 0.346. The molecule has 5 nitrogen and oxygen atoms in total. The van der Waals surface area contributed by atoms with Crippen molar-refractivity contribution in [2.75, 3.05) is 6.61 Å². The Bertz CT molecular complexity index is 2680. The lowest BCUT2D eigenvalue weighted by atomic mass is 9.16. The zero-order valence-electron chi connectivity index (χ0n) is 42.2. The topological polar surface area (TPSA) is 75.6 Å². The van der Waals surface area contributed by atoms with E-state index in [1.54, 1.807) is 0 Å². The Labute approximate surface area is 435 Å². The first kappa shape index (κ1) is 52.7. The normalized spacial score (nSPS) is 10.9. The molecule has 0 saturated carbocycles. The molecule has 2 aromatic heterocycles. The fourth-order valence-corrected chi connectivity index (χ4v) is 10.0. The van der Waals surface area contributed by atoms with E-state index in [9.17, 15) is 10.5 Å². The SMILES string of the molecule is N#C[B-](c1ccccc1)(c1ccccc1)c1ccccc1.N#C[B-](c1ccccc1)(c1ccccc1)c1ccccc1.OCCCCCCCCCCC[n+]1ccc(-c2cc[n+](Cc3ccccc3)cc2)cc1. The van der Waals surface area contributed by atoms with Crippen LogP contribution in [0.2, 0.25) is 0 Å². The van der Waals surface area contributed by atoms with E-state index in [1.165, 1.54) is 68.1 Å². The number of nitrogens with zero attached hydrogens (tertiary/aromatic N) is 4. The van der Waals surface area contributed by atoms with Crippen molar-refractivity contribution >= 4 is 45.1 Å². The van der Waals surface area contributed by atoms with Gasteiger partial charge in [0.2, 0.25) is 0 Å². The van der Waals surface area contributed by atoms with Crippen molar-refractivity contribution in [2.24, 2.45) is 0 Å². The van der Waals surface area contributed by atoms with E-state index in [2.05, 4.69) is 100 Å². The second-order valence-electron chi connectivity index (χ2n) is 18.9. The van der Waals surface area contributed by atoms with Gasteiger partial charge in [0.15, 0.2) is 43.6 Å². The molecule has 7 aromatic carbocycles. The van der Waals surface area contributed by atoms with Gasteiger partial charge in [-0.15, -0.1) is 11.9 Å². The average molecular weight is 955 g/mol. The summed E-state index contributed by atoms with van der Waals surface area (Å²) in [5.74, 6) is 5.25. The Kier molecular flexibility index (Phi) is 20.7. The van der Waals surface area contributed by atoms with Gasteiger partial charge >= 0.3 is 0 Å². The zero-order chi connectivity index (χ0) is 50.7. The molecule has 0 bridgehead atoms. The number of unbranched alkanes of at least 4 members (excludes halogenated alkanes) is 8. The summed E-state index contributed by atoms with van der Waals surface area (Å²) in [4.78, 5) is 0. The number of rotatable bonds is 20. The molecule has 1 N–H and O–H groups in total. The molecule has 0 spiro atoms. The third kappa shape index (κ3) is 14.5. The molecule has 0 aliphatic heterocycles. The van der Waals surface area contributed by atoms with Crippen LogP contribution in [0.5, 0.6) is 0 Å². The molecule has 73 heavy (non-hydrogen) atoms. The van der Waals surface area contributed by atoms with Gasteiger partial charge < -0.3 is 5.11 Å². The van der Waals surface area contributed by atoms with Crippen molar-refractivity contribution in [3.05, 3.63) is 267 Å². The molecule has 0 unspecified atom stereocenters. The summed E-state index contributed by atoms with van der Waals surface area (Å²) in [6.07, 6.45) is 16.9. The van der Waals surface area contributed by atoms with Gasteiger partial charge in [0.25, 0.3) is 0 Å². The summed E-state index contributed by atoms with van der Waals surface area (Å²) in [6.45, 7) is 2.35. The Morgan fingerprint density at radius 3 is 0.863 bits per heavy atom. The van der Waals surface area contributed by atoms with Crippen LogP contribution in [0.25, 0.3) is 11.1 Å². The van der Waals surface area contributed by atoms with E-state index >= 15 is 0 Å². The van der Waals surface area contributed by atoms with Crippen molar-refractivity contribution in [1.29, 1.82) is 10.5 Å². The first-order valence-electron chi connectivity index (χ1n) is 26.2. The van der Waals surface area contributed by atoms with Gasteiger partial charge in [0.05, 0.1) is 0 Å². The maximum Gasteiger partial charge on any atom is 0.183 e. The van der Waals surface area contributed by atoms with E-state index in [1.807, 2.05) is 182 Å². The highest BCUT2D eigenvalue weighted by Crippen LogP contribution is 2.16. The molecule has 0 fully saturated rings. The smallest absolute Gasteiger partial charge is 0.183 e. The first-order valence-corrected chi connectivity index (χ1v) is 26.2. The van der Waals surface area contributed by atoms with Crippen LogP contribution in [0.15, 0.2) is 261 Å². The maximum atomic E-state index is 10.1. The number of pyridine rings is 2. The Balaban J connectivity index is 0.000000165. The van der Waals surface area contributed by atoms with Crippen LogP contribution in [-0.4, -0.2) is 24.0 Å². The average Bonchev–Trinajstić information content (AvgIpc) is 3.47. The fraction of sp³-hybridized carbons (Fsp3) is 0.182. The van der Waals surface area contributed by atoms with Gasteiger partial charge in [-0.3, -0.25) is 0 Å². The molecular formula is C66H68B2N4O. The Morgan fingerprint density at radius 1 is 0.315 bits per heavy atom. The fourth-order valence-electron chi connectivity index (χ4n) is 10.0. The lowest BCUT2D eigenvalue weighted by Crippen LogP contribution is -2.66. The summed E-state index contributed by atoms with van der Waals surface area (Å²) >= 11 is 0. The summed E-state index contributed by atoms with van der Waals surface area (Å²) < 4.78 is 4.52. The van der Waals surface area contributed by atoms with Crippen molar-refractivity contribution in [3.8, 4) is 23.1 Å². The lowest BCUT2D eigenvalue weighted by Gasteiger charge is -2.36. The van der Waals surface area contributed by atoms with E-state index in [4.69, 9.17) is 5.11 Å². The molecule has 2 heterocycles. The van der Waals surface area contributed by atoms with Crippen LogP contribution in [-0.2, 0) is 13.1 Å². The Morgan fingerprint density at radius 2 is 0.575 bits per heavy atom. The van der Waals surface area contributed by atoms with Gasteiger partial charge in [-0.2, -0.15) is 32.8 Å². The largest absolute Gasteiger partial charge is 0.396 e. The minimum Gasteiger partial charge on any atom is -0.396 e. The third-order valence-corrected chi connectivity index (χ3v) is 14.1. The van der Waals surface area contributed by atoms with Crippen LogP contribution in [0.4, 0.5) is 0 Å². The van der Waals surface area contributed by atoms with Crippen LogP contribution in [0.3, 0.4) is 0 Å². The predicted octanol–water partition coefficient (Wildman–Crippen LogP) is 9.92. The van der Waals surface area contributed by atoms with Crippen molar-refractivity contribution in [3.63, 3.8) is 0 Å². The van der Waals surface area contributed by atoms with Crippen molar-refractivity contribution in [1.82, 2.24) is 0 Å². The number of hydrogen-bond donors (Lipinski definition) is 1. The van der Waals surface area contributed by atoms with Crippen LogP contribution >= 0.6 is 0 Å². The molecule has 0 aliphatic rings. The van der Waals surface area contributed by atoms with Crippen LogP contribution < -0.4 is 41.9 Å². The molecule has 0 amide bonds. The molecule has 0 radical (unpaired) electrons. The van der Waals surface area contributed by atoms with Crippen LogP contribution in [0, 0.1) is 22.5 Å². The molecule has 7 heteroatoms. The van der Waals surface area contributed by atoms with Gasteiger partial charge in [-0.1, -0.05) is 251 Å². The summed E-state index contributed by atoms with van der Waals surface area (Å²) in [6, 6.07) is 79.8. The van der Waals surface area contributed by atoms with E-state index in [0.29, 0.717) is 6.61 Å². The molecule has 364 valence electrons. The number of nitriles is 2. The van der Waals surface area contributed by atoms with E-state index in [-0.39, 0.29) is 0 Å². The first-order chi connectivity index (χ1) is 36.1. The second-order valence-corrected chi connectivity index (χ2v) is 18.9. The van der Waals surface area contributed by atoms with Crippen molar-refractivity contribution in [2.45, 2.75) is 70.9 Å². The molecule has 0 aliphatic carbocycles. The van der Waals surface area contributed by atoms with Gasteiger partial charge in [-0.25, -0.2) is 19.7 Å². The zero-order valence-corrected chi connectivity index (χ0v) is 42.2. The molecule has 0 atom stereocenters. The highest BCUT2D eigenvalue weighted by Gasteiger charge is 2.31. The summed E-state index contributed by atoms with van der Waals surface area (Å²) in [5, 5.41) is 29.0. The number of aliphatic hydroxyl groups is 1. The highest BCUT2D eigenvalue weighted by atomic mass is 16.2. The van der Waals surface area contributed by atoms with Gasteiger partial charge in [0, 0.05) is 42.9 Å². The lowest BCUT2D eigenvalue weighted by molar-refractivity contribution is -0.697. The number of hydrogen-bond acceptors (Lipinski definition) is 3. The van der Waals surface area contributed by atoms with Crippen molar-refractivity contribution < 1.29 is 14.2 Å². The second kappa shape index (κ2) is 28.7. The summed E-state index contributed by atoms with van der Waals surface area (Å²) in [5.41, 5.74) is 10.2. The number of aryl methyl sites for hydroxylation is 1. The quantitative estimate of drug-likeness (QED) is 0.0470. The van der Waals surface area contributed by atoms with Gasteiger partial charge in [-0.05, 0) is 24.0 Å². The monoisotopic (exact) mass is 955 g/mol. The highest BCUT2D eigenvalue weighted by molar-refractivity contribution is 7.17. The maximum absolute atomic E-state index is 10.1. The standard InChI is InChI=1S/C28H38N2O.2C19H15BN/c31-24-12-7-5-3-1-2-4-6-11-19-29-20-15-27(16-21-29)28-17-22-30(23-18-28)25-26-13-9-8-10-14-26;2*21-16-20(17-10-4-1-5-11-17,18-12-6-2-7-13-18)19-14-8-3-9-15-19/h8-10,13-18,20-23,31H,1-7,11-12,19,24-25H2;2*1-15H/q+2;2*-1. The number of aromatic nitrogens is 2. The molecule has 9 rings (SSSR count). The number of aliphatic hydroxyl groups excluding tert-OH is 1.